The zero-order valence-corrected chi connectivity index (χ0v) is 7.78. The summed E-state index contributed by atoms with van der Waals surface area (Å²) in [6.45, 7) is 4.10. The van der Waals surface area contributed by atoms with E-state index in [2.05, 4.69) is 0 Å². The molecule has 0 heterocycles. The van der Waals surface area contributed by atoms with Crippen molar-refractivity contribution in [1.29, 1.82) is 0 Å². The molecule has 0 aromatic rings. The van der Waals surface area contributed by atoms with Crippen LogP contribution in [0, 0.1) is 5.92 Å². The number of rotatable bonds is 3. The zero-order valence-electron chi connectivity index (χ0n) is 6.27. The summed E-state index contributed by atoms with van der Waals surface area (Å²) < 4.78 is 0. The molecule has 10 heavy (non-hydrogen) atoms. The van der Waals surface area contributed by atoms with Crippen molar-refractivity contribution < 1.29 is 0 Å². The van der Waals surface area contributed by atoms with Crippen LogP contribution < -0.4 is 0 Å². The maximum Gasteiger partial charge on any atom is 0.0407 e. The molecule has 0 nitrogen and oxygen atoms in total. The minimum absolute atomic E-state index is 0.404. The molecule has 0 amide bonds. The fraction of sp³-hybridized carbons (Fsp3) is 0.500. The summed E-state index contributed by atoms with van der Waals surface area (Å²) in [6.07, 6.45) is 5.59. The summed E-state index contributed by atoms with van der Waals surface area (Å²) in [5.74, 6) is 0.945. The van der Waals surface area contributed by atoms with Crippen LogP contribution in [-0.4, -0.2) is 5.88 Å². The van der Waals surface area contributed by atoms with Crippen molar-refractivity contribution in [3.63, 3.8) is 0 Å². The monoisotopic (exact) mass is 178 g/mol. The maximum atomic E-state index is 5.82. The molecule has 0 aliphatic heterocycles. The van der Waals surface area contributed by atoms with Crippen molar-refractivity contribution in [3.05, 3.63) is 23.3 Å². The lowest BCUT2D eigenvalue weighted by Crippen LogP contribution is -1.83. The second kappa shape index (κ2) is 5.82. The van der Waals surface area contributed by atoms with Gasteiger partial charge in [-0.05, 0) is 12.0 Å². The van der Waals surface area contributed by atoms with E-state index in [9.17, 15) is 0 Å². The normalized spacial score (nSPS) is 13.5. The molecule has 0 fully saturated rings. The summed E-state index contributed by atoms with van der Waals surface area (Å²) in [5, 5.41) is 0.862. The molecule has 0 saturated carbocycles. The first-order valence-corrected chi connectivity index (χ1v) is 4.18. The van der Waals surface area contributed by atoms with E-state index in [0.29, 0.717) is 11.8 Å². The Hall–Kier alpha value is 0.0600. The van der Waals surface area contributed by atoms with E-state index in [-0.39, 0.29) is 0 Å². The summed E-state index contributed by atoms with van der Waals surface area (Å²) in [6, 6.07) is 0. The second-order valence-corrected chi connectivity index (χ2v) is 3.03. The Morgan fingerprint density at radius 2 is 2.10 bits per heavy atom. The molecule has 0 aliphatic rings. The second-order valence-electron chi connectivity index (χ2n) is 2.29. The van der Waals surface area contributed by atoms with Crippen molar-refractivity contribution >= 4 is 23.2 Å². The average molecular weight is 179 g/mol. The van der Waals surface area contributed by atoms with E-state index >= 15 is 0 Å². The van der Waals surface area contributed by atoms with Gasteiger partial charge in [0.15, 0.2) is 0 Å². The minimum atomic E-state index is 0.404. The van der Waals surface area contributed by atoms with Gasteiger partial charge in [-0.1, -0.05) is 37.6 Å². The van der Waals surface area contributed by atoms with E-state index in [1.165, 1.54) is 0 Å². The minimum Gasteiger partial charge on any atom is -0.122 e. The predicted molar refractivity (Wildman–Crippen MR) is 48.6 cm³/mol. The molecule has 0 bridgehead atoms. The van der Waals surface area contributed by atoms with Crippen LogP contribution >= 0.6 is 23.2 Å². The molecule has 2 heteroatoms. The third-order valence-corrected chi connectivity index (χ3v) is 1.77. The van der Waals surface area contributed by atoms with Gasteiger partial charge in [-0.15, -0.1) is 11.6 Å². The van der Waals surface area contributed by atoms with Crippen molar-refractivity contribution in [2.75, 3.05) is 5.88 Å². The molecule has 0 spiro atoms. The highest BCUT2D eigenvalue weighted by Crippen LogP contribution is 2.13. The fourth-order valence-electron chi connectivity index (χ4n) is 0.404. The van der Waals surface area contributed by atoms with Gasteiger partial charge in [0.25, 0.3) is 0 Å². The van der Waals surface area contributed by atoms with E-state index in [0.717, 1.165) is 5.03 Å². The topological polar surface area (TPSA) is 0 Å². The Labute approximate surface area is 72.5 Å². The first-order chi connectivity index (χ1) is 4.68. The van der Waals surface area contributed by atoms with Gasteiger partial charge in [-0.2, -0.15) is 0 Å². The molecule has 58 valence electrons. The molecular formula is C8H12Cl2. The maximum absolute atomic E-state index is 5.82. The number of hydrogen-bond donors (Lipinski definition) is 0. The SMILES string of the molecule is CC(C)/C(Cl)=C\C=C/CCl. The van der Waals surface area contributed by atoms with Crippen molar-refractivity contribution in [1.82, 2.24) is 0 Å². The van der Waals surface area contributed by atoms with Crippen molar-refractivity contribution in [2.24, 2.45) is 5.92 Å². The number of hydrogen-bond acceptors (Lipinski definition) is 0. The fourth-order valence-corrected chi connectivity index (χ4v) is 0.579. The first-order valence-electron chi connectivity index (χ1n) is 3.26. The Balaban J connectivity index is 3.79. The number of alkyl halides is 1. The van der Waals surface area contributed by atoms with Crippen LogP contribution in [0.2, 0.25) is 0 Å². The van der Waals surface area contributed by atoms with Gasteiger partial charge in [-0.3, -0.25) is 0 Å². The summed E-state index contributed by atoms with van der Waals surface area (Å²) >= 11 is 11.2. The Kier molecular flexibility index (Phi) is 5.85. The lowest BCUT2D eigenvalue weighted by atomic mass is 10.2. The van der Waals surface area contributed by atoms with E-state index in [4.69, 9.17) is 23.2 Å². The van der Waals surface area contributed by atoms with Gasteiger partial charge in [0, 0.05) is 10.9 Å². The Morgan fingerprint density at radius 1 is 1.50 bits per heavy atom. The molecule has 0 atom stereocenters. The van der Waals surface area contributed by atoms with Crippen molar-refractivity contribution in [2.45, 2.75) is 13.8 Å². The third-order valence-electron chi connectivity index (χ3n) is 1.03. The Bertz CT molecular complexity index is 134. The lowest BCUT2D eigenvalue weighted by molar-refractivity contribution is 0.813. The van der Waals surface area contributed by atoms with Crippen LogP contribution in [0.15, 0.2) is 23.3 Å². The molecular weight excluding hydrogens is 167 g/mol. The largest absolute Gasteiger partial charge is 0.122 e. The predicted octanol–water partition coefficient (Wildman–Crippen LogP) is 3.56. The van der Waals surface area contributed by atoms with Crippen LogP contribution in [0.25, 0.3) is 0 Å². The molecule has 0 aromatic heterocycles. The van der Waals surface area contributed by atoms with Crippen molar-refractivity contribution in [3.8, 4) is 0 Å². The highest BCUT2D eigenvalue weighted by Gasteiger charge is 1.94. The Morgan fingerprint density at radius 3 is 2.50 bits per heavy atom. The molecule has 0 saturated heterocycles. The van der Waals surface area contributed by atoms with E-state index in [1.807, 2.05) is 32.1 Å². The average Bonchev–Trinajstić information content (AvgIpc) is 1.88. The van der Waals surface area contributed by atoms with Crippen LogP contribution in [0.3, 0.4) is 0 Å². The van der Waals surface area contributed by atoms with Gasteiger partial charge in [0.2, 0.25) is 0 Å². The number of allylic oxidation sites excluding steroid dienone is 4. The van der Waals surface area contributed by atoms with Gasteiger partial charge in [0.05, 0.1) is 0 Å². The third kappa shape index (κ3) is 4.89. The number of halogens is 2. The van der Waals surface area contributed by atoms with E-state index < -0.39 is 0 Å². The lowest BCUT2D eigenvalue weighted by Gasteiger charge is -1.98. The molecule has 0 radical (unpaired) electrons. The molecule has 0 unspecified atom stereocenters. The van der Waals surface area contributed by atoms with Crippen LogP contribution in [0.1, 0.15) is 13.8 Å². The zero-order chi connectivity index (χ0) is 7.98. The van der Waals surface area contributed by atoms with E-state index in [1.54, 1.807) is 0 Å². The highest BCUT2D eigenvalue weighted by atomic mass is 35.5. The molecule has 0 N–H and O–H groups in total. The van der Waals surface area contributed by atoms with Gasteiger partial charge >= 0.3 is 0 Å². The molecule has 0 rings (SSSR count). The van der Waals surface area contributed by atoms with Gasteiger partial charge in [-0.25, -0.2) is 0 Å². The van der Waals surface area contributed by atoms with Crippen LogP contribution in [0.4, 0.5) is 0 Å². The highest BCUT2D eigenvalue weighted by molar-refractivity contribution is 6.29. The summed E-state index contributed by atoms with van der Waals surface area (Å²) in [4.78, 5) is 0. The standard InChI is InChI=1S/C8H12Cl2/c1-7(2)8(10)5-3-4-6-9/h3-5,7H,6H2,1-2H3/b4-3-,8-5+. The first kappa shape index (κ1) is 10.1. The summed E-state index contributed by atoms with van der Waals surface area (Å²) in [5.41, 5.74) is 0. The van der Waals surface area contributed by atoms with Gasteiger partial charge in [0.1, 0.15) is 0 Å². The molecule has 0 aromatic carbocycles. The quantitative estimate of drug-likeness (QED) is 0.459. The van der Waals surface area contributed by atoms with Crippen LogP contribution in [-0.2, 0) is 0 Å². The molecule has 0 aliphatic carbocycles. The van der Waals surface area contributed by atoms with Crippen LogP contribution in [0.5, 0.6) is 0 Å². The summed E-state index contributed by atoms with van der Waals surface area (Å²) in [7, 11) is 0. The van der Waals surface area contributed by atoms with Gasteiger partial charge < -0.3 is 0 Å². The smallest absolute Gasteiger partial charge is 0.0407 e.